The lowest BCUT2D eigenvalue weighted by Gasteiger charge is -2.29. The van der Waals surface area contributed by atoms with Crippen molar-refractivity contribution in [1.82, 2.24) is 4.98 Å². The molecule has 1 aromatic heterocycles. The summed E-state index contributed by atoms with van der Waals surface area (Å²) in [6, 6.07) is 3.87. The van der Waals surface area contributed by atoms with Crippen molar-refractivity contribution in [3.05, 3.63) is 22.7 Å². The number of hydrogen-bond donors (Lipinski definition) is 2. The molecule has 0 spiro atoms. The Hall–Kier alpha value is -1.79. The van der Waals surface area contributed by atoms with Crippen molar-refractivity contribution in [3.8, 4) is 0 Å². The van der Waals surface area contributed by atoms with Crippen molar-refractivity contribution in [3.63, 3.8) is 0 Å². The van der Waals surface area contributed by atoms with E-state index in [9.17, 15) is 4.79 Å². The van der Waals surface area contributed by atoms with Crippen molar-refractivity contribution >= 4 is 34.6 Å². The van der Waals surface area contributed by atoms with Crippen molar-refractivity contribution < 1.29 is 13.9 Å². The molecule has 3 rings (SSSR count). The molecule has 1 fully saturated rings. The normalized spacial score (nSPS) is 17.3. The number of ether oxygens (including phenoxy) is 1. The summed E-state index contributed by atoms with van der Waals surface area (Å²) >= 11 is 6.05. The number of hydrogen-bond acceptors (Lipinski definition) is 5. The number of nitrogens with two attached hydrogens (primary N) is 1. The van der Waals surface area contributed by atoms with E-state index in [1.54, 1.807) is 6.07 Å². The van der Waals surface area contributed by atoms with Crippen molar-refractivity contribution in [2.45, 2.75) is 32.2 Å². The molecular formula is C16H20ClN3O3. The minimum atomic E-state index is -0.343. The zero-order valence-corrected chi connectivity index (χ0v) is 13.7. The van der Waals surface area contributed by atoms with Crippen LogP contribution < -0.4 is 11.1 Å². The van der Waals surface area contributed by atoms with Crippen LogP contribution in [0.5, 0.6) is 0 Å². The van der Waals surface area contributed by atoms with E-state index in [2.05, 4.69) is 10.3 Å². The van der Waals surface area contributed by atoms with Gasteiger partial charge < -0.3 is 20.2 Å². The van der Waals surface area contributed by atoms with Crippen LogP contribution >= 0.6 is 11.6 Å². The van der Waals surface area contributed by atoms with Crippen LogP contribution in [0.3, 0.4) is 0 Å². The van der Waals surface area contributed by atoms with Gasteiger partial charge in [0.25, 0.3) is 6.01 Å². The maximum Gasteiger partial charge on any atom is 0.295 e. The first-order valence-corrected chi connectivity index (χ1v) is 8.10. The zero-order valence-electron chi connectivity index (χ0n) is 13.0. The van der Waals surface area contributed by atoms with Crippen LogP contribution in [-0.2, 0) is 9.53 Å². The van der Waals surface area contributed by atoms with Crippen molar-refractivity contribution in [2.75, 3.05) is 18.5 Å². The Morgan fingerprint density at radius 1 is 1.48 bits per heavy atom. The zero-order chi connectivity index (χ0) is 16.4. The van der Waals surface area contributed by atoms with Crippen LogP contribution in [0.4, 0.5) is 6.01 Å². The summed E-state index contributed by atoms with van der Waals surface area (Å²) < 4.78 is 11.2. The van der Waals surface area contributed by atoms with E-state index in [0.29, 0.717) is 41.3 Å². The molecule has 0 unspecified atom stereocenters. The maximum atomic E-state index is 11.4. The smallest absolute Gasteiger partial charge is 0.295 e. The van der Waals surface area contributed by atoms with E-state index in [1.807, 2.05) is 13.0 Å². The van der Waals surface area contributed by atoms with Crippen LogP contribution in [0.25, 0.3) is 11.1 Å². The van der Waals surface area contributed by atoms with E-state index >= 15 is 0 Å². The van der Waals surface area contributed by atoms with Crippen LogP contribution in [0.2, 0.25) is 5.02 Å². The van der Waals surface area contributed by atoms with Gasteiger partial charge in [-0.05, 0) is 43.4 Å². The number of aromatic nitrogens is 1. The van der Waals surface area contributed by atoms with Crippen LogP contribution in [0.15, 0.2) is 16.5 Å². The molecule has 2 aromatic rings. The first-order chi connectivity index (χ1) is 11.0. The highest BCUT2D eigenvalue weighted by Gasteiger charge is 2.27. The number of aryl methyl sites for hydroxylation is 1. The molecule has 6 nitrogen and oxygen atoms in total. The number of oxazole rings is 1. The van der Waals surface area contributed by atoms with Crippen LogP contribution in [0.1, 0.15) is 24.8 Å². The summed E-state index contributed by atoms with van der Waals surface area (Å²) in [6.45, 7) is 3.32. The van der Waals surface area contributed by atoms with E-state index in [4.69, 9.17) is 26.5 Å². The number of carbonyl (C=O) groups excluding carboxylic acids is 1. The average Bonchev–Trinajstić information content (AvgIpc) is 2.90. The van der Waals surface area contributed by atoms with Gasteiger partial charge in [0.2, 0.25) is 5.91 Å². The Balaban J connectivity index is 1.83. The predicted octanol–water partition coefficient (Wildman–Crippen LogP) is 2.87. The summed E-state index contributed by atoms with van der Waals surface area (Å²) in [7, 11) is 0. The van der Waals surface area contributed by atoms with E-state index in [0.717, 1.165) is 18.4 Å². The van der Waals surface area contributed by atoms with Gasteiger partial charge in [0.1, 0.15) is 5.52 Å². The first-order valence-electron chi connectivity index (χ1n) is 7.72. The Kier molecular flexibility index (Phi) is 4.73. The lowest BCUT2D eigenvalue weighted by Crippen LogP contribution is -2.37. The molecule has 1 aliphatic heterocycles. The van der Waals surface area contributed by atoms with E-state index in [-0.39, 0.29) is 18.4 Å². The molecule has 1 aliphatic rings. The first kappa shape index (κ1) is 16.1. The number of amides is 1. The van der Waals surface area contributed by atoms with E-state index < -0.39 is 0 Å². The fourth-order valence-electron chi connectivity index (χ4n) is 3.05. The molecule has 23 heavy (non-hydrogen) atoms. The largest absolute Gasteiger partial charge is 0.423 e. The summed E-state index contributed by atoms with van der Waals surface area (Å²) in [6.07, 6.45) is 2.01. The number of rotatable bonds is 5. The van der Waals surface area contributed by atoms with Gasteiger partial charge in [0.05, 0.1) is 0 Å². The van der Waals surface area contributed by atoms with Gasteiger partial charge in [0.15, 0.2) is 5.58 Å². The number of carbonyl (C=O) groups is 1. The van der Waals surface area contributed by atoms with E-state index in [1.165, 1.54) is 0 Å². The topological polar surface area (TPSA) is 90.4 Å². The number of benzene rings is 1. The molecule has 1 saturated heterocycles. The minimum Gasteiger partial charge on any atom is -0.423 e. The lowest BCUT2D eigenvalue weighted by atomic mass is 9.89. The quantitative estimate of drug-likeness (QED) is 0.875. The standard InChI is InChI=1S/C16H20ClN3O3/c1-9-6-11(17)7-13-15(9)23-16(20-13)19-12(8-14(18)21)10-2-4-22-5-3-10/h6-7,10,12H,2-5,8H2,1H3,(H2,18,21)(H,19,20)/t12-/m1/s1. The highest BCUT2D eigenvalue weighted by molar-refractivity contribution is 6.31. The minimum absolute atomic E-state index is 0.111. The van der Waals surface area contributed by atoms with Gasteiger partial charge in [-0.1, -0.05) is 11.6 Å². The Morgan fingerprint density at radius 2 is 2.22 bits per heavy atom. The van der Waals surface area contributed by atoms with Gasteiger partial charge in [-0.3, -0.25) is 4.79 Å². The molecule has 1 amide bonds. The Morgan fingerprint density at radius 3 is 2.91 bits per heavy atom. The molecule has 1 atom stereocenters. The van der Waals surface area contributed by atoms with Crippen molar-refractivity contribution in [1.29, 1.82) is 0 Å². The summed E-state index contributed by atoms with van der Waals surface area (Å²) in [5.41, 5.74) is 7.71. The second-order valence-corrected chi connectivity index (χ2v) is 6.40. The second kappa shape index (κ2) is 6.76. The molecule has 124 valence electrons. The maximum absolute atomic E-state index is 11.4. The van der Waals surface area contributed by atoms with Crippen LogP contribution in [-0.4, -0.2) is 30.1 Å². The molecule has 0 aliphatic carbocycles. The Bertz CT molecular complexity index is 710. The highest BCUT2D eigenvalue weighted by Crippen LogP contribution is 2.29. The SMILES string of the molecule is Cc1cc(Cl)cc2nc(N[C@H](CC(N)=O)C3CCOCC3)oc12. The van der Waals surface area contributed by atoms with Crippen molar-refractivity contribution in [2.24, 2.45) is 11.7 Å². The van der Waals surface area contributed by atoms with Gasteiger partial charge in [-0.2, -0.15) is 4.98 Å². The Labute approximate surface area is 139 Å². The lowest BCUT2D eigenvalue weighted by molar-refractivity contribution is -0.118. The van der Waals surface area contributed by atoms with Crippen LogP contribution in [0, 0.1) is 12.8 Å². The third-order valence-corrected chi connectivity index (χ3v) is 4.42. The summed E-state index contributed by atoms with van der Waals surface area (Å²) in [5, 5.41) is 3.86. The molecule has 1 aromatic carbocycles. The van der Waals surface area contributed by atoms with Gasteiger partial charge in [-0.25, -0.2) is 0 Å². The molecule has 7 heteroatoms. The number of fused-ring (bicyclic) bond motifs is 1. The molecule has 3 N–H and O–H groups in total. The fourth-order valence-corrected chi connectivity index (χ4v) is 3.31. The number of anilines is 1. The number of primary amides is 1. The second-order valence-electron chi connectivity index (χ2n) is 5.96. The number of nitrogens with one attached hydrogen (secondary N) is 1. The average molecular weight is 338 g/mol. The summed E-state index contributed by atoms with van der Waals surface area (Å²) in [5.74, 6) is -0.0414. The molecule has 0 bridgehead atoms. The number of nitrogens with zero attached hydrogens (tertiary/aromatic N) is 1. The highest BCUT2D eigenvalue weighted by atomic mass is 35.5. The van der Waals surface area contributed by atoms with Gasteiger partial charge >= 0.3 is 0 Å². The summed E-state index contributed by atoms with van der Waals surface area (Å²) in [4.78, 5) is 15.8. The fraction of sp³-hybridized carbons (Fsp3) is 0.500. The molecule has 2 heterocycles. The molecular weight excluding hydrogens is 318 g/mol. The third kappa shape index (κ3) is 3.76. The molecule has 0 saturated carbocycles. The van der Waals surface area contributed by atoms with Gasteiger partial charge in [-0.15, -0.1) is 0 Å². The third-order valence-electron chi connectivity index (χ3n) is 4.21. The molecule has 0 radical (unpaired) electrons. The number of halogens is 1. The predicted molar refractivity (Wildman–Crippen MR) is 88.5 cm³/mol. The monoisotopic (exact) mass is 337 g/mol. The van der Waals surface area contributed by atoms with Gasteiger partial charge in [0, 0.05) is 30.7 Å².